The van der Waals surface area contributed by atoms with Gasteiger partial charge in [0.2, 0.25) is 0 Å². The van der Waals surface area contributed by atoms with Crippen molar-refractivity contribution in [3.05, 3.63) is 105 Å². The number of hydrogen-bond acceptors (Lipinski definition) is 3. The lowest BCUT2D eigenvalue weighted by Gasteiger charge is -2.45. The predicted molar refractivity (Wildman–Crippen MR) is 117 cm³/mol. The molecule has 3 aromatic carbocycles. The smallest absolute Gasteiger partial charge is 0.258 e. The monoisotopic (exact) mass is 449 g/mol. The summed E-state index contributed by atoms with van der Waals surface area (Å²) in [6.07, 6.45) is 0. The van der Waals surface area contributed by atoms with E-state index in [0.29, 0.717) is 10.0 Å². The van der Waals surface area contributed by atoms with Crippen LogP contribution < -0.4 is 0 Å². The number of amides is 2. The Morgan fingerprint density at radius 3 is 1.65 bits per heavy atom. The molecular formula is C25H17Cl2NO3. The molecule has 1 heterocycles. The fraction of sp³-hybridized carbons (Fsp3) is 0.200. The summed E-state index contributed by atoms with van der Waals surface area (Å²) >= 11 is 12.1. The Hall–Kier alpha value is -2.66. The van der Waals surface area contributed by atoms with E-state index < -0.39 is 11.8 Å². The van der Waals surface area contributed by atoms with Crippen molar-refractivity contribution in [1.29, 1.82) is 0 Å². The lowest BCUT2D eigenvalue weighted by Crippen LogP contribution is -2.41. The maximum Gasteiger partial charge on any atom is 0.258 e. The number of hydrogen-bond donors (Lipinski definition) is 0. The number of carbonyl (C=O) groups is 2. The molecule has 0 radical (unpaired) electrons. The number of imide groups is 1. The lowest BCUT2D eigenvalue weighted by atomic mass is 9.55. The van der Waals surface area contributed by atoms with Crippen LogP contribution in [0.1, 0.15) is 39.7 Å². The highest BCUT2D eigenvalue weighted by Crippen LogP contribution is 2.60. The summed E-state index contributed by atoms with van der Waals surface area (Å²) in [7, 11) is 0. The van der Waals surface area contributed by atoms with Crippen molar-refractivity contribution in [1.82, 2.24) is 5.06 Å². The van der Waals surface area contributed by atoms with Gasteiger partial charge in [-0.25, -0.2) is 0 Å². The predicted octanol–water partition coefficient (Wildman–Crippen LogP) is 5.32. The maximum absolute atomic E-state index is 13.4. The maximum atomic E-state index is 13.4. The Morgan fingerprint density at radius 1 is 0.710 bits per heavy atom. The van der Waals surface area contributed by atoms with Crippen LogP contribution >= 0.6 is 23.2 Å². The Labute approximate surface area is 189 Å². The molecular weight excluding hydrogens is 433 g/mol. The molecule has 3 aromatic rings. The molecule has 1 fully saturated rings. The van der Waals surface area contributed by atoms with E-state index in [9.17, 15) is 9.59 Å². The summed E-state index contributed by atoms with van der Waals surface area (Å²) in [5.74, 6) is -1.72. The van der Waals surface area contributed by atoms with E-state index in [4.69, 9.17) is 28.0 Å². The van der Waals surface area contributed by atoms with E-state index >= 15 is 0 Å². The molecule has 2 amide bonds. The van der Waals surface area contributed by atoms with Crippen LogP contribution in [0.15, 0.2) is 66.7 Å². The van der Waals surface area contributed by atoms with Gasteiger partial charge in [-0.3, -0.25) is 14.4 Å². The summed E-state index contributed by atoms with van der Waals surface area (Å²) in [5, 5.41) is 1.83. The number of carbonyl (C=O) groups excluding carboxylic acids is 2. The molecule has 1 aliphatic heterocycles. The molecule has 31 heavy (non-hydrogen) atoms. The third kappa shape index (κ3) is 2.65. The van der Waals surface area contributed by atoms with Gasteiger partial charge in [0, 0.05) is 11.8 Å². The largest absolute Gasteiger partial charge is 0.272 e. The minimum atomic E-state index is -0.448. The number of benzene rings is 3. The average molecular weight is 450 g/mol. The molecule has 2 bridgehead atoms. The van der Waals surface area contributed by atoms with E-state index in [1.54, 1.807) is 18.2 Å². The Kier molecular flexibility index (Phi) is 4.26. The molecule has 0 spiro atoms. The summed E-state index contributed by atoms with van der Waals surface area (Å²) in [5.41, 5.74) is 5.29. The van der Waals surface area contributed by atoms with Crippen LogP contribution in [0.2, 0.25) is 10.0 Å². The molecule has 154 valence electrons. The number of hydroxylamine groups is 2. The first-order valence-electron chi connectivity index (χ1n) is 10.2. The molecule has 2 atom stereocenters. The first-order chi connectivity index (χ1) is 15.1. The second-order valence-electron chi connectivity index (χ2n) is 8.26. The quantitative estimate of drug-likeness (QED) is 0.508. The van der Waals surface area contributed by atoms with E-state index in [1.165, 1.54) is 0 Å². The van der Waals surface area contributed by atoms with Crippen LogP contribution in [0.3, 0.4) is 0 Å². The van der Waals surface area contributed by atoms with E-state index in [0.717, 1.165) is 32.9 Å². The highest BCUT2D eigenvalue weighted by atomic mass is 35.5. The second kappa shape index (κ2) is 6.92. The standard InChI is InChI=1S/C25H17Cl2NO3/c26-18-10-9-13(11-19(18)27)12-31-28-24(29)22-20-14-5-1-2-6-15(14)21(23(22)25(28)30)17-8-4-3-7-16(17)20/h1-11,20-23H,12H2. The summed E-state index contributed by atoms with van der Waals surface area (Å²) in [4.78, 5) is 32.6. The highest BCUT2D eigenvalue weighted by molar-refractivity contribution is 6.42. The number of rotatable bonds is 3. The minimum absolute atomic E-state index is 0.0586. The zero-order valence-electron chi connectivity index (χ0n) is 16.3. The number of halogens is 2. The molecule has 2 unspecified atom stereocenters. The van der Waals surface area contributed by atoms with Crippen LogP contribution in [-0.2, 0) is 21.0 Å². The van der Waals surface area contributed by atoms with Gasteiger partial charge in [-0.2, -0.15) is 5.06 Å². The summed E-state index contributed by atoms with van der Waals surface area (Å²) in [6.45, 7) is 0.0586. The molecule has 7 rings (SSSR count). The minimum Gasteiger partial charge on any atom is -0.272 e. The van der Waals surface area contributed by atoms with Crippen LogP contribution in [0, 0.1) is 11.8 Å². The molecule has 4 aliphatic rings. The van der Waals surface area contributed by atoms with Crippen molar-refractivity contribution in [2.75, 3.05) is 0 Å². The first-order valence-corrected chi connectivity index (χ1v) is 10.9. The lowest BCUT2D eigenvalue weighted by molar-refractivity contribution is -0.193. The van der Waals surface area contributed by atoms with E-state index in [1.807, 2.05) is 24.3 Å². The molecule has 1 saturated heterocycles. The molecule has 6 heteroatoms. The normalized spacial score (nSPS) is 25.4. The van der Waals surface area contributed by atoms with Crippen molar-refractivity contribution in [2.24, 2.45) is 11.8 Å². The van der Waals surface area contributed by atoms with E-state index in [-0.39, 0.29) is 30.3 Å². The van der Waals surface area contributed by atoms with Gasteiger partial charge in [0.05, 0.1) is 21.9 Å². The van der Waals surface area contributed by atoms with Gasteiger partial charge in [0.25, 0.3) is 11.8 Å². The van der Waals surface area contributed by atoms with Gasteiger partial charge < -0.3 is 0 Å². The second-order valence-corrected chi connectivity index (χ2v) is 9.07. The fourth-order valence-corrected chi connectivity index (χ4v) is 5.87. The highest BCUT2D eigenvalue weighted by Gasteiger charge is 2.62. The zero-order chi connectivity index (χ0) is 21.3. The number of nitrogens with zero attached hydrogens (tertiary/aromatic N) is 1. The Balaban J connectivity index is 1.38. The van der Waals surface area contributed by atoms with Crippen LogP contribution in [0.4, 0.5) is 0 Å². The molecule has 0 aromatic heterocycles. The SMILES string of the molecule is O=C1C2C3c4ccccc4C(c4ccccc43)C2C(=O)N1OCc1ccc(Cl)c(Cl)c1. The molecule has 0 saturated carbocycles. The van der Waals surface area contributed by atoms with Gasteiger partial charge in [0.15, 0.2) is 0 Å². The van der Waals surface area contributed by atoms with Gasteiger partial charge in [-0.1, -0.05) is 77.8 Å². The van der Waals surface area contributed by atoms with Crippen LogP contribution in [-0.4, -0.2) is 16.9 Å². The molecule has 4 nitrogen and oxygen atoms in total. The summed E-state index contributed by atoms with van der Waals surface area (Å²) in [6, 6.07) is 21.4. The Morgan fingerprint density at radius 2 is 1.19 bits per heavy atom. The van der Waals surface area contributed by atoms with Gasteiger partial charge in [-0.05, 0) is 39.9 Å². The van der Waals surface area contributed by atoms with Gasteiger partial charge >= 0.3 is 0 Å². The van der Waals surface area contributed by atoms with Crippen molar-refractivity contribution in [2.45, 2.75) is 18.4 Å². The third-order valence-corrected chi connectivity index (χ3v) is 7.49. The Bertz CT molecular complexity index is 1140. The summed E-state index contributed by atoms with van der Waals surface area (Å²) < 4.78 is 0. The topological polar surface area (TPSA) is 46.6 Å². The van der Waals surface area contributed by atoms with Crippen molar-refractivity contribution >= 4 is 35.0 Å². The van der Waals surface area contributed by atoms with Gasteiger partial charge in [0.1, 0.15) is 6.61 Å². The first kappa shape index (κ1) is 19.1. The average Bonchev–Trinajstić information content (AvgIpc) is 3.05. The fourth-order valence-electron chi connectivity index (χ4n) is 5.55. The van der Waals surface area contributed by atoms with E-state index in [2.05, 4.69) is 24.3 Å². The van der Waals surface area contributed by atoms with Crippen molar-refractivity contribution in [3.8, 4) is 0 Å². The molecule has 3 aliphatic carbocycles. The van der Waals surface area contributed by atoms with Crippen LogP contribution in [0.5, 0.6) is 0 Å². The van der Waals surface area contributed by atoms with Crippen molar-refractivity contribution < 1.29 is 14.4 Å². The third-order valence-electron chi connectivity index (χ3n) is 6.75. The van der Waals surface area contributed by atoms with Gasteiger partial charge in [-0.15, -0.1) is 0 Å². The van der Waals surface area contributed by atoms with Crippen LogP contribution in [0.25, 0.3) is 0 Å². The van der Waals surface area contributed by atoms with Crippen molar-refractivity contribution in [3.63, 3.8) is 0 Å². The molecule has 0 N–H and O–H groups in total. The zero-order valence-corrected chi connectivity index (χ0v) is 17.8.